The summed E-state index contributed by atoms with van der Waals surface area (Å²) in [6.07, 6.45) is 1.04. The van der Waals surface area contributed by atoms with Gasteiger partial charge in [0.2, 0.25) is 15.9 Å². The van der Waals surface area contributed by atoms with E-state index in [0.717, 1.165) is 15.8 Å². The molecule has 2 N–H and O–H groups in total. The number of nitrogens with one attached hydrogen (secondary N) is 1. The third-order valence-electron chi connectivity index (χ3n) is 5.92. The molecule has 7 nitrogen and oxygen atoms in total. The molecule has 1 amide bonds. The monoisotopic (exact) mass is 493 g/mol. The third kappa shape index (κ3) is 4.18. The van der Waals surface area contributed by atoms with Crippen LogP contribution in [-0.2, 0) is 14.8 Å². The van der Waals surface area contributed by atoms with Crippen molar-refractivity contribution in [3.05, 3.63) is 72.3 Å². The van der Waals surface area contributed by atoms with Gasteiger partial charge in [-0.25, -0.2) is 13.4 Å². The van der Waals surface area contributed by atoms with Gasteiger partial charge in [-0.15, -0.1) is 11.3 Å². The number of aryl methyl sites for hydroxylation is 1. The number of sulfonamides is 1. The van der Waals surface area contributed by atoms with E-state index in [2.05, 4.69) is 10.3 Å². The Morgan fingerprint density at radius 1 is 1.12 bits per heavy atom. The van der Waals surface area contributed by atoms with Crippen LogP contribution >= 0.6 is 11.3 Å². The minimum atomic E-state index is -3.79. The van der Waals surface area contributed by atoms with E-state index in [1.54, 1.807) is 36.4 Å². The molecule has 0 bridgehead atoms. The average molecular weight is 494 g/mol. The molecule has 9 heteroatoms. The van der Waals surface area contributed by atoms with E-state index in [-0.39, 0.29) is 17.2 Å². The number of anilines is 1. The molecule has 1 saturated heterocycles. The number of phenols is 1. The van der Waals surface area contributed by atoms with Crippen LogP contribution in [0.1, 0.15) is 18.4 Å². The van der Waals surface area contributed by atoms with Gasteiger partial charge in [0.1, 0.15) is 16.8 Å². The largest absolute Gasteiger partial charge is 0.507 e. The van der Waals surface area contributed by atoms with Crippen LogP contribution in [0.4, 0.5) is 5.69 Å². The Hall–Kier alpha value is -3.27. The van der Waals surface area contributed by atoms with Crippen LogP contribution in [0.5, 0.6) is 5.75 Å². The van der Waals surface area contributed by atoms with Crippen LogP contribution in [-0.4, -0.2) is 41.3 Å². The highest BCUT2D eigenvalue weighted by Gasteiger charge is 2.39. The third-order valence-corrected chi connectivity index (χ3v) is 8.92. The van der Waals surface area contributed by atoms with Gasteiger partial charge in [0.15, 0.2) is 0 Å². The second kappa shape index (κ2) is 8.83. The summed E-state index contributed by atoms with van der Waals surface area (Å²) in [6.45, 7) is 2.18. The Morgan fingerprint density at radius 2 is 1.88 bits per heavy atom. The molecule has 0 spiro atoms. The molecule has 34 heavy (non-hydrogen) atoms. The molecule has 1 aliphatic heterocycles. The second-order valence-corrected chi connectivity index (χ2v) is 11.2. The minimum absolute atomic E-state index is 0.00703. The first-order chi connectivity index (χ1) is 16.3. The van der Waals surface area contributed by atoms with Crippen molar-refractivity contribution in [1.29, 1.82) is 0 Å². The van der Waals surface area contributed by atoms with Crippen LogP contribution < -0.4 is 5.32 Å². The van der Waals surface area contributed by atoms with E-state index in [9.17, 15) is 18.3 Å². The van der Waals surface area contributed by atoms with Crippen molar-refractivity contribution in [2.24, 2.45) is 0 Å². The summed E-state index contributed by atoms with van der Waals surface area (Å²) in [7, 11) is -3.79. The normalized spacial score (nSPS) is 16.7. The Labute approximate surface area is 201 Å². The number of aromatic hydroxyl groups is 1. The van der Waals surface area contributed by atoms with Crippen molar-refractivity contribution in [3.63, 3.8) is 0 Å². The maximum absolute atomic E-state index is 13.1. The lowest BCUT2D eigenvalue weighted by Crippen LogP contribution is -2.43. The number of phenolic OH excluding ortho intramolecular Hbond substituents is 1. The minimum Gasteiger partial charge on any atom is -0.507 e. The Morgan fingerprint density at radius 3 is 2.62 bits per heavy atom. The molecule has 1 atom stereocenters. The maximum atomic E-state index is 13.1. The fourth-order valence-electron chi connectivity index (χ4n) is 4.14. The van der Waals surface area contributed by atoms with Crippen LogP contribution in [0.3, 0.4) is 0 Å². The number of benzene rings is 3. The van der Waals surface area contributed by atoms with E-state index in [1.807, 2.05) is 31.2 Å². The van der Waals surface area contributed by atoms with Gasteiger partial charge in [0.25, 0.3) is 0 Å². The molecule has 4 aromatic rings. The number of amides is 1. The molecule has 2 heterocycles. The van der Waals surface area contributed by atoms with E-state index in [0.29, 0.717) is 29.1 Å². The summed E-state index contributed by atoms with van der Waals surface area (Å²) >= 11 is 1.47. The topological polar surface area (TPSA) is 99.6 Å². The highest BCUT2D eigenvalue weighted by Crippen LogP contribution is 2.37. The SMILES string of the molecule is Cc1ccc(S(=O)(=O)N2CCC[C@H]2C(=O)Nc2ccc(-c3nc4ccccc4s3)c(O)c2)cc1. The molecule has 0 radical (unpaired) electrons. The van der Waals surface area contributed by atoms with Gasteiger partial charge in [-0.05, 0) is 56.2 Å². The predicted octanol–water partition coefficient (Wildman–Crippen LogP) is 4.77. The zero-order valence-electron chi connectivity index (χ0n) is 18.4. The van der Waals surface area contributed by atoms with Gasteiger partial charge >= 0.3 is 0 Å². The molecule has 174 valence electrons. The first-order valence-electron chi connectivity index (χ1n) is 10.9. The van der Waals surface area contributed by atoms with E-state index < -0.39 is 22.0 Å². The standard InChI is InChI=1S/C25H23N3O4S2/c1-16-8-11-18(12-9-16)34(31,32)28-14-4-6-21(28)24(30)26-17-10-13-19(22(29)15-17)25-27-20-5-2-3-7-23(20)33-25/h2-3,5,7-13,15,21,29H,4,6,14H2,1H3,(H,26,30)/t21-/m0/s1. The fourth-order valence-corrected chi connectivity index (χ4v) is 6.79. The van der Waals surface area contributed by atoms with Crippen LogP contribution in [0.25, 0.3) is 20.8 Å². The molecule has 0 aliphatic carbocycles. The van der Waals surface area contributed by atoms with Gasteiger partial charge in [-0.2, -0.15) is 4.31 Å². The number of aromatic nitrogens is 1. The number of carbonyl (C=O) groups excluding carboxylic acids is 1. The van der Waals surface area contributed by atoms with Gasteiger partial charge in [0.05, 0.1) is 20.7 Å². The van der Waals surface area contributed by atoms with Crippen molar-refractivity contribution in [1.82, 2.24) is 9.29 Å². The number of para-hydroxylation sites is 1. The quantitative estimate of drug-likeness (QED) is 0.417. The van der Waals surface area contributed by atoms with Crippen molar-refractivity contribution >= 4 is 43.2 Å². The maximum Gasteiger partial charge on any atom is 0.243 e. The number of nitrogens with zero attached hydrogens (tertiary/aromatic N) is 2. The number of hydrogen-bond donors (Lipinski definition) is 2. The Balaban J connectivity index is 1.35. The zero-order valence-corrected chi connectivity index (χ0v) is 20.1. The smallest absolute Gasteiger partial charge is 0.243 e. The molecular formula is C25H23N3O4S2. The van der Waals surface area contributed by atoms with Crippen molar-refractivity contribution in [2.45, 2.75) is 30.7 Å². The summed E-state index contributed by atoms with van der Waals surface area (Å²) in [6, 6.07) is 18.4. The van der Waals surface area contributed by atoms with Crippen molar-refractivity contribution < 1.29 is 18.3 Å². The Kier molecular flexibility index (Phi) is 5.85. The van der Waals surface area contributed by atoms with Gasteiger partial charge in [-0.3, -0.25) is 4.79 Å². The molecule has 1 aliphatic rings. The number of carbonyl (C=O) groups is 1. The fraction of sp³-hybridized carbons (Fsp3) is 0.200. The molecule has 1 fully saturated rings. The number of hydrogen-bond acceptors (Lipinski definition) is 6. The molecule has 3 aromatic carbocycles. The molecule has 0 saturated carbocycles. The Bertz CT molecular complexity index is 1450. The molecular weight excluding hydrogens is 470 g/mol. The predicted molar refractivity (Wildman–Crippen MR) is 133 cm³/mol. The highest BCUT2D eigenvalue weighted by atomic mass is 32.2. The summed E-state index contributed by atoms with van der Waals surface area (Å²) in [5.41, 5.74) is 2.79. The van der Waals surface area contributed by atoms with Crippen molar-refractivity contribution in [3.8, 4) is 16.3 Å². The highest BCUT2D eigenvalue weighted by molar-refractivity contribution is 7.89. The first-order valence-corrected chi connectivity index (χ1v) is 13.2. The van der Waals surface area contributed by atoms with Gasteiger partial charge < -0.3 is 10.4 Å². The van der Waals surface area contributed by atoms with E-state index in [1.165, 1.54) is 21.7 Å². The molecule has 1 aromatic heterocycles. The summed E-state index contributed by atoms with van der Waals surface area (Å²) < 4.78 is 28.6. The average Bonchev–Trinajstić information content (AvgIpc) is 3.47. The summed E-state index contributed by atoms with van der Waals surface area (Å²) in [4.78, 5) is 17.8. The van der Waals surface area contributed by atoms with E-state index in [4.69, 9.17) is 0 Å². The number of thiazole rings is 1. The lowest BCUT2D eigenvalue weighted by molar-refractivity contribution is -0.119. The second-order valence-electron chi connectivity index (χ2n) is 8.29. The first kappa shape index (κ1) is 22.5. The van der Waals surface area contributed by atoms with Crippen LogP contribution in [0.2, 0.25) is 0 Å². The lowest BCUT2D eigenvalue weighted by Gasteiger charge is -2.23. The zero-order chi connectivity index (χ0) is 23.9. The van der Waals surface area contributed by atoms with Crippen LogP contribution in [0, 0.1) is 6.92 Å². The van der Waals surface area contributed by atoms with Gasteiger partial charge in [0, 0.05) is 18.3 Å². The van der Waals surface area contributed by atoms with Crippen molar-refractivity contribution in [2.75, 3.05) is 11.9 Å². The van der Waals surface area contributed by atoms with Crippen LogP contribution in [0.15, 0.2) is 71.6 Å². The molecule has 0 unspecified atom stereocenters. The molecule has 5 rings (SSSR count). The number of fused-ring (bicyclic) bond motifs is 1. The van der Waals surface area contributed by atoms with E-state index >= 15 is 0 Å². The number of rotatable bonds is 5. The van der Waals surface area contributed by atoms with Gasteiger partial charge in [-0.1, -0.05) is 29.8 Å². The summed E-state index contributed by atoms with van der Waals surface area (Å²) in [5, 5.41) is 14.1. The lowest BCUT2D eigenvalue weighted by atomic mass is 10.1. The summed E-state index contributed by atoms with van der Waals surface area (Å²) in [5.74, 6) is -0.423.